The maximum Gasteiger partial charge on any atom is 0.0700 e. The Balaban J connectivity index is 2.24. The predicted octanol–water partition coefficient (Wildman–Crippen LogP) is 3.60. The molecule has 0 atom stereocenters. The second kappa shape index (κ2) is 4.36. The highest BCUT2D eigenvalue weighted by molar-refractivity contribution is 5.81. The molecule has 2 aromatic carbocycles. The van der Waals surface area contributed by atoms with Gasteiger partial charge in [0.1, 0.15) is 0 Å². The molecule has 0 aromatic heterocycles. The molecular formula is C18H18O. The van der Waals surface area contributed by atoms with Crippen molar-refractivity contribution in [1.29, 1.82) is 0 Å². The Morgan fingerprint density at radius 2 is 1.32 bits per heavy atom. The van der Waals surface area contributed by atoms with Crippen LogP contribution in [-0.4, -0.2) is 10.7 Å². The van der Waals surface area contributed by atoms with Crippen LogP contribution >= 0.6 is 0 Å². The number of fused-ring (bicyclic) bond motifs is 2. The number of hydrogen-bond donors (Lipinski definition) is 1. The number of aliphatic hydroxyl groups is 1. The minimum Gasteiger partial charge on any atom is -0.389 e. The normalized spacial score (nSPS) is 17.1. The van der Waals surface area contributed by atoms with Gasteiger partial charge in [-0.05, 0) is 34.8 Å². The molecule has 2 aromatic rings. The van der Waals surface area contributed by atoms with Gasteiger partial charge in [0.2, 0.25) is 0 Å². The van der Waals surface area contributed by atoms with E-state index in [1.165, 1.54) is 11.1 Å². The van der Waals surface area contributed by atoms with Gasteiger partial charge in [-0.25, -0.2) is 0 Å². The Hall–Kier alpha value is -1.86. The van der Waals surface area contributed by atoms with Crippen molar-refractivity contribution >= 4 is 5.57 Å². The first-order valence-electron chi connectivity index (χ1n) is 6.65. The van der Waals surface area contributed by atoms with Crippen LogP contribution in [0.25, 0.3) is 5.57 Å². The van der Waals surface area contributed by atoms with Gasteiger partial charge in [0.05, 0.1) is 5.60 Å². The third kappa shape index (κ3) is 2.22. The van der Waals surface area contributed by atoms with Gasteiger partial charge >= 0.3 is 0 Å². The highest BCUT2D eigenvalue weighted by Crippen LogP contribution is 2.34. The molecule has 1 heteroatoms. The van der Waals surface area contributed by atoms with Crippen LogP contribution in [0.4, 0.5) is 0 Å². The van der Waals surface area contributed by atoms with Gasteiger partial charge in [-0.15, -0.1) is 0 Å². The van der Waals surface area contributed by atoms with Crippen molar-refractivity contribution in [1.82, 2.24) is 0 Å². The lowest BCUT2D eigenvalue weighted by Crippen LogP contribution is -2.32. The van der Waals surface area contributed by atoms with Crippen molar-refractivity contribution in [2.75, 3.05) is 0 Å². The molecular weight excluding hydrogens is 232 g/mol. The summed E-state index contributed by atoms with van der Waals surface area (Å²) in [5.41, 5.74) is 4.98. The zero-order valence-electron chi connectivity index (χ0n) is 11.2. The van der Waals surface area contributed by atoms with E-state index >= 15 is 0 Å². The molecule has 3 rings (SSSR count). The van der Waals surface area contributed by atoms with Gasteiger partial charge in [-0.3, -0.25) is 0 Å². The van der Waals surface area contributed by atoms with Crippen molar-refractivity contribution in [3.63, 3.8) is 0 Å². The summed E-state index contributed by atoms with van der Waals surface area (Å²) in [5.74, 6) is 0. The van der Waals surface area contributed by atoms with E-state index in [0.717, 1.165) is 16.7 Å². The molecule has 19 heavy (non-hydrogen) atoms. The second-order valence-electron chi connectivity index (χ2n) is 5.64. The van der Waals surface area contributed by atoms with E-state index in [-0.39, 0.29) is 0 Å². The molecule has 1 aliphatic carbocycles. The van der Waals surface area contributed by atoms with Crippen LogP contribution < -0.4 is 0 Å². The molecule has 0 unspecified atom stereocenters. The molecule has 96 valence electrons. The monoisotopic (exact) mass is 250 g/mol. The number of hydrogen-bond acceptors (Lipinski definition) is 1. The minimum absolute atomic E-state index is 0.663. The van der Waals surface area contributed by atoms with Crippen LogP contribution in [0.3, 0.4) is 0 Å². The van der Waals surface area contributed by atoms with E-state index in [0.29, 0.717) is 12.8 Å². The summed E-state index contributed by atoms with van der Waals surface area (Å²) in [4.78, 5) is 0. The Bertz CT molecular complexity index is 584. The average molecular weight is 250 g/mol. The van der Waals surface area contributed by atoms with Crippen molar-refractivity contribution in [3.05, 3.63) is 77.4 Å². The van der Waals surface area contributed by atoms with E-state index in [2.05, 4.69) is 30.8 Å². The maximum atomic E-state index is 10.6. The smallest absolute Gasteiger partial charge is 0.0700 e. The first-order chi connectivity index (χ1) is 9.07. The van der Waals surface area contributed by atoms with Crippen LogP contribution in [0, 0.1) is 0 Å². The first kappa shape index (κ1) is 12.2. The molecule has 0 radical (unpaired) electrons. The van der Waals surface area contributed by atoms with Crippen molar-refractivity contribution in [2.45, 2.75) is 25.4 Å². The fraction of sp³-hybridized carbons (Fsp3) is 0.222. The molecule has 1 nitrogen and oxygen atoms in total. The van der Waals surface area contributed by atoms with E-state index in [1.54, 1.807) is 0 Å². The van der Waals surface area contributed by atoms with E-state index in [1.807, 2.05) is 31.2 Å². The largest absolute Gasteiger partial charge is 0.389 e. The summed E-state index contributed by atoms with van der Waals surface area (Å²) in [6.07, 6.45) is 1.33. The van der Waals surface area contributed by atoms with Gasteiger partial charge in [0, 0.05) is 12.8 Å². The fourth-order valence-electron chi connectivity index (χ4n) is 2.97. The van der Waals surface area contributed by atoms with Crippen LogP contribution in [0.5, 0.6) is 0 Å². The van der Waals surface area contributed by atoms with Crippen LogP contribution in [-0.2, 0) is 12.8 Å². The molecule has 0 spiro atoms. The van der Waals surface area contributed by atoms with Crippen LogP contribution in [0.1, 0.15) is 29.2 Å². The summed E-state index contributed by atoms with van der Waals surface area (Å²) in [7, 11) is 0. The van der Waals surface area contributed by atoms with Gasteiger partial charge in [-0.2, -0.15) is 0 Å². The van der Waals surface area contributed by atoms with Crippen LogP contribution in [0.15, 0.2) is 55.1 Å². The lowest BCUT2D eigenvalue weighted by Gasteiger charge is -2.29. The minimum atomic E-state index is -0.715. The standard InChI is InChI=1S/C18H18O/c1-13-16-9-5-3-7-14(16)11-18(2,19)12-15-8-4-6-10-17(13)15/h3-10,19H,1,11-12H2,2H3. The maximum absolute atomic E-state index is 10.6. The molecule has 0 fully saturated rings. The summed E-state index contributed by atoms with van der Waals surface area (Å²) in [5, 5.41) is 10.6. The zero-order valence-corrected chi connectivity index (χ0v) is 11.2. The Morgan fingerprint density at radius 3 is 1.79 bits per heavy atom. The molecule has 0 heterocycles. The Morgan fingerprint density at radius 1 is 0.895 bits per heavy atom. The summed E-state index contributed by atoms with van der Waals surface area (Å²) < 4.78 is 0. The lowest BCUT2D eigenvalue weighted by atomic mass is 9.80. The number of benzene rings is 2. The van der Waals surface area contributed by atoms with E-state index in [4.69, 9.17) is 0 Å². The first-order valence-corrected chi connectivity index (χ1v) is 6.65. The molecule has 0 amide bonds. The third-order valence-electron chi connectivity index (χ3n) is 3.83. The van der Waals surface area contributed by atoms with E-state index in [9.17, 15) is 5.11 Å². The van der Waals surface area contributed by atoms with Gasteiger partial charge in [-0.1, -0.05) is 55.1 Å². The molecule has 0 saturated heterocycles. The zero-order chi connectivity index (χ0) is 13.5. The quantitative estimate of drug-likeness (QED) is 0.757. The second-order valence-corrected chi connectivity index (χ2v) is 5.64. The summed E-state index contributed by atoms with van der Waals surface area (Å²) in [6.45, 7) is 6.18. The summed E-state index contributed by atoms with van der Waals surface area (Å²) in [6, 6.07) is 16.5. The molecule has 0 saturated carbocycles. The molecule has 1 N–H and O–H groups in total. The van der Waals surface area contributed by atoms with Crippen LogP contribution in [0.2, 0.25) is 0 Å². The van der Waals surface area contributed by atoms with Gasteiger partial charge in [0.15, 0.2) is 0 Å². The highest BCUT2D eigenvalue weighted by Gasteiger charge is 2.27. The van der Waals surface area contributed by atoms with Gasteiger partial charge in [0.25, 0.3) is 0 Å². The summed E-state index contributed by atoms with van der Waals surface area (Å²) >= 11 is 0. The van der Waals surface area contributed by atoms with Crippen molar-refractivity contribution in [2.24, 2.45) is 0 Å². The third-order valence-corrected chi connectivity index (χ3v) is 3.83. The number of rotatable bonds is 0. The fourth-order valence-corrected chi connectivity index (χ4v) is 2.97. The molecule has 0 aliphatic heterocycles. The average Bonchev–Trinajstić information content (AvgIpc) is 2.37. The highest BCUT2D eigenvalue weighted by atomic mass is 16.3. The van der Waals surface area contributed by atoms with Crippen molar-refractivity contribution in [3.8, 4) is 0 Å². The van der Waals surface area contributed by atoms with Gasteiger partial charge < -0.3 is 5.11 Å². The molecule has 0 bridgehead atoms. The lowest BCUT2D eigenvalue weighted by molar-refractivity contribution is 0.0604. The Labute approximate surface area is 114 Å². The SMILES string of the molecule is C=C1c2ccccc2CC(C)(O)Cc2ccccc21. The Kier molecular flexibility index (Phi) is 2.79. The topological polar surface area (TPSA) is 20.2 Å². The predicted molar refractivity (Wildman–Crippen MR) is 79.1 cm³/mol. The molecule has 1 aliphatic rings. The van der Waals surface area contributed by atoms with Crippen molar-refractivity contribution < 1.29 is 5.11 Å². The van der Waals surface area contributed by atoms with E-state index < -0.39 is 5.60 Å².